The highest BCUT2D eigenvalue weighted by Gasteiger charge is 2.18. The molecule has 92 valence electrons. The minimum Gasteiger partial charge on any atom is -0.506 e. The van der Waals surface area contributed by atoms with E-state index in [0.717, 1.165) is 25.1 Å². The summed E-state index contributed by atoms with van der Waals surface area (Å²) in [7, 11) is 0. The van der Waals surface area contributed by atoms with Crippen molar-refractivity contribution in [2.45, 2.75) is 13.0 Å². The lowest BCUT2D eigenvalue weighted by Crippen LogP contribution is -2.19. The second-order valence-electron chi connectivity index (χ2n) is 4.69. The van der Waals surface area contributed by atoms with E-state index in [-0.39, 0.29) is 5.75 Å². The number of nitrogens with zero attached hydrogens (tertiary/aromatic N) is 1. The van der Waals surface area contributed by atoms with Crippen LogP contribution in [0.2, 0.25) is 0 Å². The monoisotopic (exact) mass is 240 g/mol. The summed E-state index contributed by atoms with van der Waals surface area (Å²) in [6.07, 6.45) is 1.09. The molecule has 0 saturated heterocycles. The third-order valence-electron chi connectivity index (χ3n) is 3.45. The predicted molar refractivity (Wildman–Crippen MR) is 73.7 cm³/mol. The number of phenols is 1. The van der Waals surface area contributed by atoms with Crippen LogP contribution in [0.5, 0.6) is 5.75 Å². The molecule has 1 aliphatic rings. The van der Waals surface area contributed by atoms with E-state index in [0.29, 0.717) is 5.69 Å². The second kappa shape index (κ2) is 4.26. The van der Waals surface area contributed by atoms with Gasteiger partial charge in [0.25, 0.3) is 0 Å². The van der Waals surface area contributed by atoms with Crippen molar-refractivity contribution in [2.24, 2.45) is 0 Å². The molecule has 2 aromatic carbocycles. The molecule has 0 amide bonds. The van der Waals surface area contributed by atoms with Gasteiger partial charge in [-0.3, -0.25) is 0 Å². The van der Waals surface area contributed by atoms with E-state index in [1.54, 1.807) is 12.1 Å². The quantitative estimate of drug-likeness (QED) is 0.626. The van der Waals surface area contributed by atoms with Crippen LogP contribution in [0, 0.1) is 0 Å². The van der Waals surface area contributed by atoms with Crippen molar-refractivity contribution in [3.8, 4) is 5.75 Å². The van der Waals surface area contributed by atoms with Gasteiger partial charge in [0.15, 0.2) is 0 Å². The third-order valence-corrected chi connectivity index (χ3v) is 3.45. The van der Waals surface area contributed by atoms with Gasteiger partial charge in [0.05, 0.1) is 5.69 Å². The summed E-state index contributed by atoms with van der Waals surface area (Å²) in [4.78, 5) is 2.33. The first-order chi connectivity index (χ1) is 8.74. The number of aromatic hydroxyl groups is 1. The number of anilines is 2. The molecule has 18 heavy (non-hydrogen) atoms. The number of para-hydroxylation sites is 1. The fourth-order valence-electron chi connectivity index (χ4n) is 2.48. The fraction of sp³-hybridized carbons (Fsp3) is 0.200. The van der Waals surface area contributed by atoms with Crippen molar-refractivity contribution in [3.63, 3.8) is 0 Å². The Kier molecular flexibility index (Phi) is 2.59. The Morgan fingerprint density at radius 2 is 2.00 bits per heavy atom. The number of rotatable bonds is 2. The predicted octanol–water partition coefficient (Wildman–Crippen LogP) is 2.54. The zero-order valence-electron chi connectivity index (χ0n) is 10.1. The molecule has 3 rings (SSSR count). The number of hydrogen-bond acceptors (Lipinski definition) is 3. The van der Waals surface area contributed by atoms with Gasteiger partial charge in [-0.2, -0.15) is 0 Å². The van der Waals surface area contributed by atoms with E-state index in [2.05, 4.69) is 29.2 Å². The molecule has 0 aliphatic carbocycles. The van der Waals surface area contributed by atoms with Gasteiger partial charge in [0, 0.05) is 18.8 Å². The van der Waals surface area contributed by atoms with E-state index in [4.69, 9.17) is 5.73 Å². The molecular formula is C15H16N2O. The third kappa shape index (κ3) is 1.88. The van der Waals surface area contributed by atoms with Crippen LogP contribution in [-0.4, -0.2) is 11.7 Å². The van der Waals surface area contributed by atoms with Crippen LogP contribution in [0.25, 0.3) is 0 Å². The lowest BCUT2D eigenvalue weighted by Gasteiger charge is -2.19. The van der Waals surface area contributed by atoms with Crippen LogP contribution < -0.4 is 10.6 Å². The van der Waals surface area contributed by atoms with Crippen molar-refractivity contribution in [1.82, 2.24) is 0 Å². The Labute approximate surface area is 106 Å². The first kappa shape index (κ1) is 11.0. The zero-order chi connectivity index (χ0) is 12.5. The first-order valence-electron chi connectivity index (χ1n) is 6.14. The van der Waals surface area contributed by atoms with Gasteiger partial charge in [-0.25, -0.2) is 0 Å². The molecule has 1 heterocycles. The molecule has 0 atom stereocenters. The summed E-state index contributed by atoms with van der Waals surface area (Å²) in [6.45, 7) is 1.84. The van der Waals surface area contributed by atoms with Gasteiger partial charge in [0.2, 0.25) is 0 Å². The maximum absolute atomic E-state index is 9.63. The summed E-state index contributed by atoms with van der Waals surface area (Å²) in [5.74, 6) is 0.167. The summed E-state index contributed by atoms with van der Waals surface area (Å²) < 4.78 is 0. The maximum atomic E-state index is 9.63. The molecule has 3 N–H and O–H groups in total. The van der Waals surface area contributed by atoms with E-state index in [1.807, 2.05) is 6.07 Å². The smallest absolute Gasteiger partial charge is 0.138 e. The minimum atomic E-state index is 0.167. The van der Waals surface area contributed by atoms with Crippen molar-refractivity contribution >= 4 is 11.4 Å². The number of hydrogen-bond donors (Lipinski definition) is 2. The fourth-order valence-corrected chi connectivity index (χ4v) is 2.48. The second-order valence-corrected chi connectivity index (χ2v) is 4.69. The molecule has 0 fully saturated rings. The molecule has 0 radical (unpaired) electrons. The van der Waals surface area contributed by atoms with Crippen LogP contribution in [0.1, 0.15) is 11.1 Å². The number of nitrogen functional groups attached to an aromatic ring is 1. The van der Waals surface area contributed by atoms with E-state index in [1.165, 1.54) is 11.3 Å². The van der Waals surface area contributed by atoms with Gasteiger partial charge in [-0.1, -0.05) is 24.3 Å². The van der Waals surface area contributed by atoms with Crippen LogP contribution >= 0.6 is 0 Å². The maximum Gasteiger partial charge on any atom is 0.138 e. The summed E-state index contributed by atoms with van der Waals surface area (Å²) in [5, 5.41) is 9.63. The Hall–Kier alpha value is -2.16. The number of benzene rings is 2. The molecular weight excluding hydrogens is 224 g/mol. The lowest BCUT2D eigenvalue weighted by atomic mass is 10.1. The Balaban J connectivity index is 1.84. The number of nitrogens with two attached hydrogens (primary N) is 1. The molecule has 0 spiro atoms. The molecule has 2 aromatic rings. The normalized spacial score (nSPS) is 13.7. The highest BCUT2D eigenvalue weighted by Crippen LogP contribution is 2.30. The Bertz CT molecular complexity index is 580. The van der Waals surface area contributed by atoms with Crippen molar-refractivity contribution in [2.75, 3.05) is 17.2 Å². The van der Waals surface area contributed by atoms with Gasteiger partial charge >= 0.3 is 0 Å². The van der Waals surface area contributed by atoms with Crippen molar-refractivity contribution < 1.29 is 5.11 Å². The molecule has 0 bridgehead atoms. The lowest BCUT2D eigenvalue weighted by molar-refractivity contribution is 0.477. The summed E-state index contributed by atoms with van der Waals surface area (Å²) in [5.41, 5.74) is 9.82. The van der Waals surface area contributed by atoms with E-state index in [9.17, 15) is 5.11 Å². The van der Waals surface area contributed by atoms with Gasteiger partial charge in [0.1, 0.15) is 5.75 Å². The molecule has 3 heteroatoms. The zero-order valence-corrected chi connectivity index (χ0v) is 10.1. The number of phenolic OH excluding ortho intramolecular Hbond substituents is 1. The average molecular weight is 240 g/mol. The van der Waals surface area contributed by atoms with Crippen molar-refractivity contribution in [3.05, 3.63) is 53.6 Å². The molecule has 3 nitrogen and oxygen atoms in total. The van der Waals surface area contributed by atoms with Crippen LogP contribution in [0.4, 0.5) is 11.4 Å². The minimum absolute atomic E-state index is 0.167. The van der Waals surface area contributed by atoms with Crippen molar-refractivity contribution in [1.29, 1.82) is 0 Å². The summed E-state index contributed by atoms with van der Waals surface area (Å²) in [6, 6.07) is 13.9. The van der Waals surface area contributed by atoms with Crippen LogP contribution in [0.15, 0.2) is 42.5 Å². The highest BCUT2D eigenvalue weighted by molar-refractivity contribution is 5.59. The van der Waals surface area contributed by atoms with Crippen LogP contribution in [0.3, 0.4) is 0 Å². The molecule has 0 unspecified atom stereocenters. The first-order valence-corrected chi connectivity index (χ1v) is 6.14. The van der Waals surface area contributed by atoms with Gasteiger partial charge in [-0.05, 0) is 35.7 Å². The average Bonchev–Trinajstić information content (AvgIpc) is 2.78. The number of fused-ring (bicyclic) bond motifs is 1. The Morgan fingerprint density at radius 3 is 2.83 bits per heavy atom. The largest absolute Gasteiger partial charge is 0.506 e. The van der Waals surface area contributed by atoms with Gasteiger partial charge < -0.3 is 15.7 Å². The molecule has 0 saturated carbocycles. The SMILES string of the molecule is Nc1ccc(CN2CCc3ccccc32)cc1O. The molecule has 0 aromatic heterocycles. The highest BCUT2D eigenvalue weighted by atomic mass is 16.3. The standard InChI is InChI=1S/C15H16N2O/c16-13-6-5-11(9-15(13)18)10-17-8-7-12-3-1-2-4-14(12)17/h1-6,9,18H,7-8,10,16H2. The van der Waals surface area contributed by atoms with E-state index >= 15 is 0 Å². The van der Waals surface area contributed by atoms with Crippen LogP contribution in [-0.2, 0) is 13.0 Å². The Morgan fingerprint density at radius 1 is 1.17 bits per heavy atom. The summed E-state index contributed by atoms with van der Waals surface area (Å²) >= 11 is 0. The van der Waals surface area contributed by atoms with Gasteiger partial charge in [-0.15, -0.1) is 0 Å². The van der Waals surface area contributed by atoms with E-state index < -0.39 is 0 Å². The topological polar surface area (TPSA) is 49.5 Å². The molecule has 1 aliphatic heterocycles.